The van der Waals surface area contributed by atoms with Gasteiger partial charge in [-0.3, -0.25) is 4.79 Å². The van der Waals surface area contributed by atoms with Crippen LogP contribution in [0.1, 0.15) is 44.7 Å². The van der Waals surface area contributed by atoms with E-state index in [9.17, 15) is 4.79 Å². The number of benzene rings is 2. The highest BCUT2D eigenvalue weighted by atomic mass is 28.4. The predicted molar refractivity (Wildman–Crippen MR) is 171 cm³/mol. The Kier molecular flexibility index (Phi) is 9.64. The van der Waals surface area contributed by atoms with Crippen molar-refractivity contribution in [1.29, 1.82) is 0 Å². The van der Waals surface area contributed by atoms with Crippen molar-refractivity contribution in [2.45, 2.75) is 96.1 Å². The Balaban J connectivity index is 1.65. The van der Waals surface area contributed by atoms with Crippen LogP contribution < -0.4 is 19.7 Å². The Morgan fingerprint density at radius 3 is 2.36 bits per heavy atom. The van der Waals surface area contributed by atoms with Crippen LogP contribution in [0.4, 0.5) is 10.1 Å². The van der Waals surface area contributed by atoms with Gasteiger partial charge in [0.25, 0.3) is 0 Å². The molecule has 0 aliphatic carbocycles. The first-order valence-corrected chi connectivity index (χ1v) is 21.3. The maximum absolute atomic E-state index is 15.4. The number of methoxy groups -OCH3 is 1. The summed E-state index contributed by atoms with van der Waals surface area (Å²) in [5.74, 6) is 0.804. The molecule has 2 atom stereocenters. The summed E-state index contributed by atoms with van der Waals surface area (Å²) in [6.45, 7) is 19.9. The van der Waals surface area contributed by atoms with Gasteiger partial charge in [-0.1, -0.05) is 32.9 Å². The molecule has 0 aromatic heterocycles. The molecule has 0 saturated carbocycles. The minimum atomic E-state index is -2.12. The number of ether oxygens (including phenoxy) is 2. The zero-order valence-electron chi connectivity index (χ0n) is 26.9. The summed E-state index contributed by atoms with van der Waals surface area (Å²) in [7, 11) is -2.53. The van der Waals surface area contributed by atoms with E-state index in [-0.39, 0.29) is 23.6 Å². The number of anilines is 1. The Morgan fingerprint density at radius 2 is 1.74 bits per heavy atom. The minimum absolute atomic E-state index is 0.0477. The number of fused-ring (bicyclic) bond motifs is 1. The van der Waals surface area contributed by atoms with E-state index in [1.165, 1.54) is 6.07 Å². The molecule has 10 heteroatoms. The van der Waals surface area contributed by atoms with Gasteiger partial charge in [-0.05, 0) is 87.0 Å². The molecule has 0 spiro atoms. The van der Waals surface area contributed by atoms with Crippen LogP contribution >= 0.6 is 0 Å². The van der Waals surface area contributed by atoms with Gasteiger partial charge in [-0.15, -0.1) is 0 Å². The normalized spacial score (nSPS) is 21.7. The van der Waals surface area contributed by atoms with Crippen LogP contribution in [-0.4, -0.2) is 61.1 Å². The molecule has 1 saturated heterocycles. The van der Waals surface area contributed by atoms with Gasteiger partial charge >= 0.3 is 0 Å². The van der Waals surface area contributed by atoms with Crippen molar-refractivity contribution in [2.75, 3.05) is 31.7 Å². The molecule has 0 radical (unpaired) electrons. The molecule has 2 aromatic rings. The standard InChI is InChI=1S/C32H49FN2O5Si2/c1-31(2,3)42(8,9)39-28-20-34-19-18-32(28,40-41(5,6)7)22-38-27-16-15-26(33)30-25(27)14-17-29(36)35(30)21-23-10-12-24(37-4)13-11-23/h10-13,15-16,28,34H,14,17-22H2,1-9H3. The third-order valence-corrected chi connectivity index (χ3v) is 14.2. The summed E-state index contributed by atoms with van der Waals surface area (Å²) < 4.78 is 41.3. The molecule has 2 unspecified atom stereocenters. The number of carbonyl (C=O) groups is 1. The van der Waals surface area contributed by atoms with E-state index in [0.717, 1.165) is 29.8 Å². The van der Waals surface area contributed by atoms with Gasteiger partial charge in [0.2, 0.25) is 5.91 Å². The number of piperidine rings is 1. The molecule has 0 bridgehead atoms. The average Bonchev–Trinajstić information content (AvgIpc) is 2.90. The number of hydrogen-bond acceptors (Lipinski definition) is 6. The first-order valence-electron chi connectivity index (χ1n) is 15.0. The Labute approximate surface area is 253 Å². The van der Waals surface area contributed by atoms with Crippen molar-refractivity contribution in [3.05, 3.63) is 53.3 Å². The molecule has 232 valence electrons. The van der Waals surface area contributed by atoms with E-state index in [1.807, 2.05) is 24.3 Å². The molecule has 42 heavy (non-hydrogen) atoms. The Bertz CT molecular complexity index is 1260. The third kappa shape index (κ3) is 7.27. The molecule has 7 nitrogen and oxygen atoms in total. The van der Waals surface area contributed by atoms with Crippen molar-refractivity contribution in [3.8, 4) is 11.5 Å². The van der Waals surface area contributed by atoms with Crippen molar-refractivity contribution in [1.82, 2.24) is 5.32 Å². The first kappa shape index (κ1) is 32.7. The van der Waals surface area contributed by atoms with E-state index >= 15 is 4.39 Å². The van der Waals surface area contributed by atoms with Crippen LogP contribution in [0.3, 0.4) is 0 Å². The SMILES string of the molecule is COc1ccc(CN2C(=O)CCc3c(OCC4(O[Si](C)(C)C)CCNCC4O[Si](C)(C)C(C)(C)C)ccc(F)c32)cc1. The number of rotatable bonds is 10. The van der Waals surface area contributed by atoms with Gasteiger partial charge in [-0.2, -0.15) is 0 Å². The third-order valence-electron chi connectivity index (χ3n) is 8.72. The molecular formula is C32H49FN2O5Si2. The lowest BCUT2D eigenvalue weighted by molar-refractivity contribution is -0.119. The average molecular weight is 617 g/mol. The lowest BCUT2D eigenvalue weighted by atomic mass is 9.90. The number of hydrogen-bond donors (Lipinski definition) is 1. The fourth-order valence-corrected chi connectivity index (χ4v) is 8.39. The summed E-state index contributed by atoms with van der Waals surface area (Å²) in [6, 6.07) is 10.6. The first-order chi connectivity index (χ1) is 19.6. The number of amides is 1. The maximum Gasteiger partial charge on any atom is 0.227 e. The van der Waals surface area contributed by atoms with E-state index in [1.54, 1.807) is 18.1 Å². The van der Waals surface area contributed by atoms with Gasteiger partial charge in [-0.25, -0.2) is 4.39 Å². The topological polar surface area (TPSA) is 69.3 Å². The summed E-state index contributed by atoms with van der Waals surface area (Å²) in [6.07, 6.45) is 1.29. The van der Waals surface area contributed by atoms with E-state index in [4.69, 9.17) is 18.3 Å². The zero-order valence-corrected chi connectivity index (χ0v) is 28.9. The lowest BCUT2D eigenvalue weighted by Crippen LogP contribution is -2.65. The Morgan fingerprint density at radius 1 is 1.05 bits per heavy atom. The highest BCUT2D eigenvalue weighted by Gasteiger charge is 2.50. The van der Waals surface area contributed by atoms with Crippen molar-refractivity contribution in [2.24, 2.45) is 0 Å². The molecule has 1 fully saturated rings. The van der Waals surface area contributed by atoms with Crippen molar-refractivity contribution in [3.63, 3.8) is 0 Å². The van der Waals surface area contributed by atoms with Gasteiger partial charge in [0.05, 0.1) is 25.4 Å². The second-order valence-electron chi connectivity index (χ2n) is 14.1. The lowest BCUT2D eigenvalue weighted by Gasteiger charge is -2.51. The molecule has 2 aliphatic heterocycles. The molecule has 4 rings (SSSR count). The maximum atomic E-state index is 15.4. The summed E-state index contributed by atoms with van der Waals surface area (Å²) in [4.78, 5) is 14.6. The van der Waals surface area contributed by atoms with E-state index in [2.05, 4.69) is 58.8 Å². The summed E-state index contributed by atoms with van der Waals surface area (Å²) >= 11 is 0. The highest BCUT2D eigenvalue weighted by molar-refractivity contribution is 6.74. The van der Waals surface area contributed by atoms with Crippen molar-refractivity contribution < 1.29 is 27.5 Å². The second kappa shape index (κ2) is 12.4. The number of carbonyl (C=O) groups excluding carboxylic acids is 1. The van der Waals surface area contributed by atoms with Crippen LogP contribution in [0.5, 0.6) is 11.5 Å². The highest BCUT2D eigenvalue weighted by Crippen LogP contribution is 2.42. The van der Waals surface area contributed by atoms with Crippen LogP contribution in [0.25, 0.3) is 0 Å². The molecule has 1 N–H and O–H groups in total. The second-order valence-corrected chi connectivity index (χ2v) is 23.3. The van der Waals surface area contributed by atoms with Gasteiger partial charge in [0, 0.05) is 18.5 Å². The van der Waals surface area contributed by atoms with Gasteiger partial charge in [0.15, 0.2) is 16.6 Å². The van der Waals surface area contributed by atoms with Crippen LogP contribution in [0, 0.1) is 5.82 Å². The van der Waals surface area contributed by atoms with Gasteiger partial charge in [0.1, 0.15) is 29.5 Å². The molecule has 2 aromatic carbocycles. The molecular weight excluding hydrogens is 568 g/mol. The predicted octanol–water partition coefficient (Wildman–Crippen LogP) is 6.67. The summed E-state index contributed by atoms with van der Waals surface area (Å²) in [5.41, 5.74) is 1.28. The molecule has 2 heterocycles. The summed E-state index contributed by atoms with van der Waals surface area (Å²) in [5, 5.41) is 3.57. The largest absolute Gasteiger partial charge is 0.497 e. The van der Waals surface area contributed by atoms with Crippen LogP contribution in [-0.2, 0) is 26.6 Å². The van der Waals surface area contributed by atoms with E-state index in [0.29, 0.717) is 37.4 Å². The molecule has 2 aliphatic rings. The van der Waals surface area contributed by atoms with Crippen LogP contribution in [0.15, 0.2) is 36.4 Å². The molecule has 1 amide bonds. The van der Waals surface area contributed by atoms with Crippen LogP contribution in [0.2, 0.25) is 37.8 Å². The van der Waals surface area contributed by atoms with Gasteiger partial charge < -0.3 is 28.5 Å². The Hall–Kier alpha value is -2.25. The van der Waals surface area contributed by atoms with E-state index < -0.39 is 28.1 Å². The van der Waals surface area contributed by atoms with Crippen molar-refractivity contribution >= 4 is 28.2 Å². The number of halogens is 1. The fourth-order valence-electron chi connectivity index (χ4n) is 5.51. The minimum Gasteiger partial charge on any atom is -0.497 e. The smallest absolute Gasteiger partial charge is 0.227 e. The quantitative estimate of drug-likeness (QED) is 0.301. The number of nitrogens with one attached hydrogen (secondary N) is 1. The monoisotopic (exact) mass is 616 g/mol. The fraction of sp³-hybridized carbons (Fsp3) is 0.594. The number of nitrogens with zero attached hydrogens (tertiary/aromatic N) is 1. The zero-order chi connectivity index (χ0) is 30.9.